The summed E-state index contributed by atoms with van der Waals surface area (Å²) < 4.78 is 4.82. The van der Waals surface area contributed by atoms with Crippen molar-refractivity contribution in [3.05, 3.63) is 56.3 Å². The van der Waals surface area contributed by atoms with E-state index in [1.54, 1.807) is 26.0 Å². The highest BCUT2D eigenvalue weighted by Gasteiger charge is 2.37. The number of carboxylic acids is 1. The molecular weight excluding hydrogens is 341 g/mol. The number of hydrogen-bond acceptors (Lipinski definition) is 4. The minimum absolute atomic E-state index is 0.0419. The number of aliphatic carboxylic acids is 1. The standard InChI is InChI=1S/C16H15Cl2NO4/c1-7-12(15(20)21)14(10-5-4-9(17)6-11(10)18)13(8(2)19-7)16(22)23-3/h4-6,14,19H,1-3H3,(H,20,21)/t14-/m0/s1. The highest BCUT2D eigenvalue weighted by molar-refractivity contribution is 6.35. The number of hydrogen-bond donors (Lipinski definition) is 2. The van der Waals surface area contributed by atoms with Crippen molar-refractivity contribution < 1.29 is 19.4 Å². The average Bonchev–Trinajstić information content (AvgIpc) is 2.45. The van der Waals surface area contributed by atoms with E-state index in [0.717, 1.165) is 0 Å². The highest BCUT2D eigenvalue weighted by Crippen LogP contribution is 2.41. The van der Waals surface area contributed by atoms with Gasteiger partial charge in [0.25, 0.3) is 0 Å². The molecule has 0 amide bonds. The number of allylic oxidation sites excluding steroid dienone is 2. The summed E-state index contributed by atoms with van der Waals surface area (Å²) in [7, 11) is 1.24. The predicted molar refractivity (Wildman–Crippen MR) is 87.4 cm³/mol. The Labute approximate surface area is 143 Å². The fourth-order valence-corrected chi connectivity index (χ4v) is 3.22. The van der Waals surface area contributed by atoms with Crippen molar-refractivity contribution in [2.24, 2.45) is 0 Å². The van der Waals surface area contributed by atoms with Crippen LogP contribution in [0.1, 0.15) is 25.3 Å². The third-order valence-electron chi connectivity index (χ3n) is 3.67. The molecule has 0 unspecified atom stereocenters. The molecule has 2 rings (SSSR count). The smallest absolute Gasteiger partial charge is 0.336 e. The van der Waals surface area contributed by atoms with E-state index in [4.69, 9.17) is 27.9 Å². The topological polar surface area (TPSA) is 75.6 Å². The van der Waals surface area contributed by atoms with Crippen LogP contribution in [-0.2, 0) is 14.3 Å². The highest BCUT2D eigenvalue weighted by atomic mass is 35.5. The molecule has 0 fully saturated rings. The van der Waals surface area contributed by atoms with Gasteiger partial charge in [0.1, 0.15) is 0 Å². The first-order valence-corrected chi connectivity index (χ1v) is 7.48. The van der Waals surface area contributed by atoms with Crippen LogP contribution < -0.4 is 5.32 Å². The zero-order valence-electron chi connectivity index (χ0n) is 12.7. The molecule has 122 valence electrons. The third kappa shape index (κ3) is 3.21. The van der Waals surface area contributed by atoms with E-state index in [2.05, 4.69) is 5.32 Å². The maximum Gasteiger partial charge on any atom is 0.336 e. The summed E-state index contributed by atoms with van der Waals surface area (Å²) in [6.45, 7) is 3.32. The molecule has 1 aliphatic heterocycles. The molecule has 0 saturated carbocycles. The van der Waals surface area contributed by atoms with E-state index in [-0.39, 0.29) is 16.2 Å². The average molecular weight is 356 g/mol. The van der Waals surface area contributed by atoms with Gasteiger partial charge in [-0.05, 0) is 31.5 Å². The third-order valence-corrected chi connectivity index (χ3v) is 4.23. The molecule has 23 heavy (non-hydrogen) atoms. The molecule has 5 nitrogen and oxygen atoms in total. The molecule has 1 aliphatic rings. The largest absolute Gasteiger partial charge is 0.478 e. The van der Waals surface area contributed by atoms with Gasteiger partial charge >= 0.3 is 11.9 Å². The lowest BCUT2D eigenvalue weighted by atomic mass is 9.80. The first-order chi connectivity index (χ1) is 10.8. The summed E-state index contributed by atoms with van der Waals surface area (Å²) in [6.07, 6.45) is 0. The molecule has 7 heteroatoms. The normalized spacial score (nSPS) is 17.9. The second kappa shape index (κ2) is 6.64. The first-order valence-electron chi connectivity index (χ1n) is 6.73. The van der Waals surface area contributed by atoms with Crippen LogP contribution in [-0.4, -0.2) is 24.2 Å². The number of rotatable bonds is 3. The second-order valence-electron chi connectivity index (χ2n) is 5.10. The van der Waals surface area contributed by atoms with Crippen molar-refractivity contribution in [1.82, 2.24) is 5.32 Å². The molecule has 0 saturated heterocycles. The van der Waals surface area contributed by atoms with Crippen LogP contribution in [0.25, 0.3) is 0 Å². The van der Waals surface area contributed by atoms with E-state index in [1.807, 2.05) is 0 Å². The Bertz CT molecular complexity index is 752. The van der Waals surface area contributed by atoms with Crippen LogP contribution in [0, 0.1) is 0 Å². The van der Waals surface area contributed by atoms with Crippen LogP contribution >= 0.6 is 23.2 Å². The van der Waals surface area contributed by atoms with Crippen LogP contribution in [0.3, 0.4) is 0 Å². The molecule has 0 radical (unpaired) electrons. The first kappa shape index (κ1) is 17.4. The van der Waals surface area contributed by atoms with Gasteiger partial charge in [0.15, 0.2) is 0 Å². The van der Waals surface area contributed by atoms with Gasteiger partial charge in [-0.1, -0.05) is 29.3 Å². The molecule has 1 heterocycles. The summed E-state index contributed by atoms with van der Waals surface area (Å²) in [5, 5.41) is 13.2. The van der Waals surface area contributed by atoms with Crippen molar-refractivity contribution in [3.8, 4) is 0 Å². The zero-order valence-corrected chi connectivity index (χ0v) is 14.2. The van der Waals surface area contributed by atoms with Crippen molar-refractivity contribution in [1.29, 1.82) is 0 Å². The van der Waals surface area contributed by atoms with E-state index >= 15 is 0 Å². The Balaban J connectivity index is 2.74. The quantitative estimate of drug-likeness (QED) is 0.811. The van der Waals surface area contributed by atoms with Crippen molar-refractivity contribution in [2.45, 2.75) is 19.8 Å². The molecule has 1 aromatic carbocycles. The monoisotopic (exact) mass is 355 g/mol. The van der Waals surface area contributed by atoms with Gasteiger partial charge < -0.3 is 15.2 Å². The lowest BCUT2D eigenvalue weighted by Crippen LogP contribution is -2.31. The molecule has 0 aromatic heterocycles. The number of carbonyl (C=O) groups excluding carboxylic acids is 1. The van der Waals surface area contributed by atoms with E-state index in [1.165, 1.54) is 13.2 Å². The molecule has 0 bridgehead atoms. The maximum atomic E-state index is 12.2. The maximum absolute atomic E-state index is 12.2. The fraction of sp³-hybridized carbons (Fsp3) is 0.250. The van der Waals surface area contributed by atoms with Crippen LogP contribution in [0.15, 0.2) is 40.7 Å². The number of carboxylic acid groups (broad SMARTS) is 1. The lowest BCUT2D eigenvalue weighted by molar-refractivity contribution is -0.136. The summed E-state index contributed by atoms with van der Waals surface area (Å²) in [6, 6.07) is 4.73. The van der Waals surface area contributed by atoms with E-state index in [9.17, 15) is 14.7 Å². The SMILES string of the molecule is COC(=O)C1=C(C)NC(C)=C(C(=O)O)[C@@H]1c1ccc(Cl)cc1Cl. The van der Waals surface area contributed by atoms with Gasteiger partial charge in [0.05, 0.1) is 24.2 Å². The minimum Gasteiger partial charge on any atom is -0.478 e. The Morgan fingerprint density at radius 1 is 1.17 bits per heavy atom. The number of carbonyl (C=O) groups is 2. The van der Waals surface area contributed by atoms with Gasteiger partial charge in [-0.2, -0.15) is 0 Å². The Morgan fingerprint density at radius 2 is 1.78 bits per heavy atom. The minimum atomic E-state index is -1.14. The molecule has 0 aliphatic carbocycles. The lowest BCUT2D eigenvalue weighted by Gasteiger charge is -2.29. The summed E-state index contributed by atoms with van der Waals surface area (Å²) in [4.78, 5) is 24.0. The fourth-order valence-electron chi connectivity index (χ4n) is 2.70. The van der Waals surface area contributed by atoms with Crippen molar-refractivity contribution in [2.75, 3.05) is 7.11 Å². The van der Waals surface area contributed by atoms with Gasteiger partial charge in [0.2, 0.25) is 0 Å². The molecule has 1 aromatic rings. The Hall–Kier alpha value is -1.98. The summed E-state index contributed by atoms with van der Waals surface area (Å²) in [5.41, 5.74) is 1.70. The Morgan fingerprint density at radius 3 is 2.30 bits per heavy atom. The summed E-state index contributed by atoms with van der Waals surface area (Å²) in [5.74, 6) is -2.59. The van der Waals surface area contributed by atoms with Crippen molar-refractivity contribution >= 4 is 35.1 Å². The number of ether oxygens (including phenoxy) is 1. The number of methoxy groups -OCH3 is 1. The molecule has 1 atom stereocenters. The zero-order chi connectivity index (χ0) is 17.3. The second-order valence-corrected chi connectivity index (χ2v) is 5.94. The summed E-state index contributed by atoms with van der Waals surface area (Å²) >= 11 is 12.2. The van der Waals surface area contributed by atoms with Crippen molar-refractivity contribution in [3.63, 3.8) is 0 Å². The molecule has 0 spiro atoms. The molecule has 2 N–H and O–H groups in total. The van der Waals surface area contributed by atoms with Gasteiger partial charge in [0, 0.05) is 21.4 Å². The predicted octanol–water partition coefficient (Wildman–Crippen LogP) is 3.49. The number of nitrogens with one attached hydrogen (secondary N) is 1. The van der Waals surface area contributed by atoms with E-state index < -0.39 is 17.9 Å². The van der Waals surface area contributed by atoms with Crippen LogP contribution in [0.5, 0.6) is 0 Å². The number of halogens is 2. The van der Waals surface area contributed by atoms with Crippen LogP contribution in [0.2, 0.25) is 10.0 Å². The molecular formula is C16H15Cl2NO4. The van der Waals surface area contributed by atoms with Gasteiger partial charge in [-0.25, -0.2) is 9.59 Å². The van der Waals surface area contributed by atoms with Crippen LogP contribution in [0.4, 0.5) is 0 Å². The van der Waals surface area contributed by atoms with Gasteiger partial charge in [-0.3, -0.25) is 0 Å². The number of esters is 1. The van der Waals surface area contributed by atoms with E-state index in [0.29, 0.717) is 22.0 Å². The Kier molecular flexibility index (Phi) is 5.02. The number of dihydropyridines is 1. The van der Waals surface area contributed by atoms with Gasteiger partial charge in [-0.15, -0.1) is 0 Å². The number of benzene rings is 1.